The van der Waals surface area contributed by atoms with E-state index in [4.69, 9.17) is 4.74 Å². The van der Waals surface area contributed by atoms with E-state index in [1.54, 1.807) is 24.1 Å². The Balaban J connectivity index is 1.94. The Morgan fingerprint density at radius 3 is 2.35 bits per heavy atom. The van der Waals surface area contributed by atoms with Crippen LogP contribution in [0.3, 0.4) is 0 Å². The predicted octanol–water partition coefficient (Wildman–Crippen LogP) is 3.67. The molecular formula is C18H18INO3. The molecule has 2 aromatic carbocycles. The molecule has 0 aliphatic carbocycles. The first-order valence-corrected chi connectivity index (χ1v) is 8.31. The number of ether oxygens (including phenoxy) is 1. The quantitative estimate of drug-likeness (QED) is 0.545. The summed E-state index contributed by atoms with van der Waals surface area (Å²) in [5.74, 6) is -0.718. The molecule has 0 aliphatic rings. The van der Waals surface area contributed by atoms with Crippen molar-refractivity contribution in [2.24, 2.45) is 0 Å². The lowest BCUT2D eigenvalue weighted by atomic mass is 10.1. The Morgan fingerprint density at radius 2 is 1.70 bits per heavy atom. The zero-order valence-electron chi connectivity index (χ0n) is 13.0. The van der Waals surface area contributed by atoms with Crippen LogP contribution in [-0.2, 0) is 9.53 Å². The fraction of sp³-hybridized carbons (Fsp3) is 0.222. The molecule has 0 radical (unpaired) electrons. The maximum atomic E-state index is 12.2. The summed E-state index contributed by atoms with van der Waals surface area (Å²) in [6, 6.07) is 16.8. The van der Waals surface area contributed by atoms with Crippen molar-refractivity contribution in [2.45, 2.75) is 13.0 Å². The Bertz CT molecular complexity index is 688. The van der Waals surface area contributed by atoms with Gasteiger partial charge in [0.05, 0.1) is 11.6 Å². The van der Waals surface area contributed by atoms with E-state index in [9.17, 15) is 9.59 Å². The molecule has 1 unspecified atom stereocenters. The normalized spacial score (nSPS) is 11.6. The lowest BCUT2D eigenvalue weighted by Gasteiger charge is -2.25. The van der Waals surface area contributed by atoms with Crippen LogP contribution in [0.1, 0.15) is 28.9 Å². The molecule has 1 atom stereocenters. The highest BCUT2D eigenvalue weighted by Crippen LogP contribution is 2.18. The smallest absolute Gasteiger partial charge is 0.339 e. The van der Waals surface area contributed by atoms with Gasteiger partial charge in [-0.1, -0.05) is 42.5 Å². The number of benzene rings is 2. The zero-order chi connectivity index (χ0) is 16.8. The molecule has 0 heterocycles. The van der Waals surface area contributed by atoms with Crippen LogP contribution < -0.4 is 0 Å². The molecule has 0 bridgehead atoms. The molecule has 1 amide bonds. The minimum atomic E-state index is -0.482. The molecule has 2 rings (SSSR count). The lowest BCUT2D eigenvalue weighted by Crippen LogP contribution is -2.33. The molecule has 0 spiro atoms. The summed E-state index contributed by atoms with van der Waals surface area (Å²) < 4.78 is 5.94. The Kier molecular flexibility index (Phi) is 6.15. The van der Waals surface area contributed by atoms with Crippen LogP contribution in [0.4, 0.5) is 0 Å². The van der Waals surface area contributed by atoms with Gasteiger partial charge in [0, 0.05) is 10.6 Å². The van der Waals surface area contributed by atoms with Gasteiger partial charge in [0.1, 0.15) is 0 Å². The van der Waals surface area contributed by atoms with E-state index in [-0.39, 0.29) is 18.6 Å². The third kappa shape index (κ3) is 4.54. The van der Waals surface area contributed by atoms with E-state index < -0.39 is 5.97 Å². The molecule has 0 saturated heterocycles. The van der Waals surface area contributed by atoms with Gasteiger partial charge in [0.15, 0.2) is 6.61 Å². The van der Waals surface area contributed by atoms with E-state index in [1.807, 2.05) is 49.4 Å². The Morgan fingerprint density at radius 1 is 1.09 bits per heavy atom. The minimum Gasteiger partial charge on any atom is -0.452 e. The van der Waals surface area contributed by atoms with Crippen LogP contribution in [0.25, 0.3) is 0 Å². The van der Waals surface area contributed by atoms with Crippen molar-refractivity contribution in [1.29, 1.82) is 0 Å². The first-order valence-electron chi connectivity index (χ1n) is 7.23. The summed E-state index contributed by atoms with van der Waals surface area (Å²) in [6.07, 6.45) is 0. The number of rotatable bonds is 5. The number of hydrogen-bond acceptors (Lipinski definition) is 3. The van der Waals surface area contributed by atoms with Crippen LogP contribution >= 0.6 is 22.6 Å². The first kappa shape index (κ1) is 17.5. The Labute approximate surface area is 149 Å². The largest absolute Gasteiger partial charge is 0.452 e. The van der Waals surface area contributed by atoms with Gasteiger partial charge < -0.3 is 9.64 Å². The monoisotopic (exact) mass is 423 g/mol. The first-order chi connectivity index (χ1) is 11.0. The second-order valence-electron chi connectivity index (χ2n) is 5.15. The Hall–Kier alpha value is -1.89. The summed E-state index contributed by atoms with van der Waals surface area (Å²) in [6.45, 7) is 1.67. The van der Waals surface area contributed by atoms with E-state index in [2.05, 4.69) is 22.6 Å². The summed E-state index contributed by atoms with van der Waals surface area (Å²) >= 11 is 2.07. The van der Waals surface area contributed by atoms with Gasteiger partial charge in [-0.05, 0) is 47.2 Å². The van der Waals surface area contributed by atoms with Crippen molar-refractivity contribution in [1.82, 2.24) is 4.90 Å². The van der Waals surface area contributed by atoms with Gasteiger partial charge in [0.2, 0.25) is 0 Å². The van der Waals surface area contributed by atoms with E-state index in [0.29, 0.717) is 5.56 Å². The number of carbonyl (C=O) groups excluding carboxylic acids is 2. The molecule has 4 nitrogen and oxygen atoms in total. The highest BCUT2D eigenvalue weighted by molar-refractivity contribution is 14.1. The molecule has 0 aromatic heterocycles. The predicted molar refractivity (Wildman–Crippen MR) is 97.1 cm³/mol. The van der Waals surface area contributed by atoms with Crippen molar-refractivity contribution in [3.05, 3.63) is 69.3 Å². The van der Waals surface area contributed by atoms with Gasteiger partial charge in [-0.3, -0.25) is 4.79 Å². The second kappa shape index (κ2) is 8.10. The third-order valence-corrected chi connectivity index (χ3v) is 4.62. The van der Waals surface area contributed by atoms with Crippen LogP contribution in [0.5, 0.6) is 0 Å². The van der Waals surface area contributed by atoms with Crippen molar-refractivity contribution in [2.75, 3.05) is 13.7 Å². The average Bonchev–Trinajstić information content (AvgIpc) is 2.59. The standard InChI is InChI=1S/C18H18INO3/c1-13(14-8-4-3-5-9-14)20(2)17(21)12-23-18(22)15-10-6-7-11-16(15)19/h3-11,13H,12H2,1-2H3. The van der Waals surface area contributed by atoms with E-state index in [0.717, 1.165) is 9.13 Å². The van der Waals surface area contributed by atoms with Crippen molar-refractivity contribution in [3.8, 4) is 0 Å². The van der Waals surface area contributed by atoms with Crippen molar-refractivity contribution < 1.29 is 14.3 Å². The third-order valence-electron chi connectivity index (χ3n) is 3.68. The fourth-order valence-corrected chi connectivity index (χ4v) is 2.71. The summed E-state index contributed by atoms with van der Waals surface area (Å²) in [5.41, 5.74) is 1.51. The maximum Gasteiger partial charge on any atom is 0.339 e. The summed E-state index contributed by atoms with van der Waals surface area (Å²) in [5, 5.41) is 0. The van der Waals surface area contributed by atoms with E-state index >= 15 is 0 Å². The van der Waals surface area contributed by atoms with Crippen molar-refractivity contribution in [3.63, 3.8) is 0 Å². The number of likely N-dealkylation sites (N-methyl/N-ethyl adjacent to an activating group) is 1. The zero-order valence-corrected chi connectivity index (χ0v) is 15.2. The van der Waals surface area contributed by atoms with Gasteiger partial charge in [-0.25, -0.2) is 4.79 Å². The van der Waals surface area contributed by atoms with E-state index in [1.165, 1.54) is 0 Å². The minimum absolute atomic E-state index is 0.0840. The molecule has 0 aliphatic heterocycles. The fourth-order valence-electron chi connectivity index (χ4n) is 2.10. The van der Waals surface area contributed by atoms with Crippen LogP contribution in [0.2, 0.25) is 0 Å². The topological polar surface area (TPSA) is 46.6 Å². The lowest BCUT2D eigenvalue weighted by molar-refractivity contribution is -0.135. The number of nitrogens with zero attached hydrogens (tertiary/aromatic N) is 1. The highest BCUT2D eigenvalue weighted by atomic mass is 127. The van der Waals surface area contributed by atoms with Gasteiger partial charge in [-0.2, -0.15) is 0 Å². The van der Waals surface area contributed by atoms with Crippen LogP contribution in [0, 0.1) is 3.57 Å². The molecule has 23 heavy (non-hydrogen) atoms. The number of halogens is 1. The summed E-state index contributed by atoms with van der Waals surface area (Å²) in [7, 11) is 1.71. The molecule has 120 valence electrons. The number of carbonyl (C=O) groups is 2. The van der Waals surface area contributed by atoms with Crippen molar-refractivity contribution >= 4 is 34.5 Å². The SMILES string of the molecule is CC(c1ccccc1)N(C)C(=O)COC(=O)c1ccccc1I. The molecule has 0 saturated carbocycles. The van der Waals surface area contributed by atoms with Gasteiger partial charge >= 0.3 is 5.97 Å². The number of amides is 1. The molecule has 5 heteroatoms. The van der Waals surface area contributed by atoms with Crippen LogP contribution in [0.15, 0.2) is 54.6 Å². The number of hydrogen-bond donors (Lipinski definition) is 0. The molecular weight excluding hydrogens is 405 g/mol. The molecule has 2 aromatic rings. The summed E-state index contributed by atoms with van der Waals surface area (Å²) in [4.78, 5) is 25.8. The second-order valence-corrected chi connectivity index (χ2v) is 6.31. The molecule has 0 N–H and O–H groups in total. The van der Waals surface area contributed by atoms with Gasteiger partial charge in [0.25, 0.3) is 5.91 Å². The average molecular weight is 423 g/mol. The number of esters is 1. The molecule has 0 fully saturated rings. The highest BCUT2D eigenvalue weighted by Gasteiger charge is 2.19. The van der Waals surface area contributed by atoms with Crippen LogP contribution in [-0.4, -0.2) is 30.4 Å². The van der Waals surface area contributed by atoms with Gasteiger partial charge in [-0.15, -0.1) is 0 Å². The maximum absolute atomic E-state index is 12.2.